The summed E-state index contributed by atoms with van der Waals surface area (Å²) in [6.45, 7) is 4.54. The Hall–Kier alpha value is -3.52. The maximum atomic E-state index is 13.1. The second-order valence-electron chi connectivity index (χ2n) is 7.51. The molecule has 1 aliphatic rings. The predicted molar refractivity (Wildman–Crippen MR) is 123 cm³/mol. The van der Waals surface area contributed by atoms with Crippen LogP contribution in [0, 0.1) is 6.92 Å². The molecule has 0 saturated carbocycles. The van der Waals surface area contributed by atoms with Gasteiger partial charge in [-0.25, -0.2) is 0 Å². The molecule has 1 atom stereocenters. The normalized spacial score (nSPS) is 17.4. The Balaban J connectivity index is 2.20. The van der Waals surface area contributed by atoms with Gasteiger partial charge >= 0.3 is 0 Å². The molecule has 0 radical (unpaired) electrons. The van der Waals surface area contributed by atoms with Gasteiger partial charge in [0.2, 0.25) is 0 Å². The summed E-state index contributed by atoms with van der Waals surface area (Å²) in [5, 5.41) is 11.2. The first kappa shape index (κ1) is 24.1. The van der Waals surface area contributed by atoms with Gasteiger partial charge in [-0.3, -0.25) is 9.59 Å². The number of carbonyl (C=O) groups is 2. The van der Waals surface area contributed by atoms with Gasteiger partial charge < -0.3 is 29.0 Å². The highest BCUT2D eigenvalue weighted by molar-refractivity contribution is 6.46. The van der Waals surface area contributed by atoms with Crippen molar-refractivity contribution in [1.29, 1.82) is 0 Å². The number of ether oxygens (including phenoxy) is 4. The molecule has 176 valence electrons. The molecule has 1 heterocycles. The molecule has 2 aromatic rings. The van der Waals surface area contributed by atoms with E-state index in [2.05, 4.69) is 0 Å². The molecule has 1 N–H and O–H groups in total. The van der Waals surface area contributed by atoms with E-state index in [1.165, 1.54) is 19.1 Å². The summed E-state index contributed by atoms with van der Waals surface area (Å²) >= 11 is 0. The molecule has 0 aliphatic carbocycles. The lowest BCUT2D eigenvalue weighted by Gasteiger charge is -2.26. The minimum Gasteiger partial charge on any atom is -0.507 e. The summed E-state index contributed by atoms with van der Waals surface area (Å²) in [4.78, 5) is 27.5. The van der Waals surface area contributed by atoms with Crippen LogP contribution < -0.4 is 14.2 Å². The number of ketones is 1. The molecular formula is C25H29NO7. The monoisotopic (exact) mass is 455 g/mol. The first-order valence-corrected chi connectivity index (χ1v) is 10.6. The average molecular weight is 456 g/mol. The van der Waals surface area contributed by atoms with Crippen LogP contribution in [0.1, 0.15) is 29.7 Å². The zero-order valence-electron chi connectivity index (χ0n) is 19.5. The van der Waals surface area contributed by atoms with Crippen molar-refractivity contribution in [3.05, 3.63) is 58.7 Å². The average Bonchev–Trinajstić information content (AvgIpc) is 3.07. The van der Waals surface area contributed by atoms with E-state index >= 15 is 0 Å². The van der Waals surface area contributed by atoms with Crippen LogP contribution >= 0.6 is 0 Å². The molecule has 1 fully saturated rings. The quantitative estimate of drug-likeness (QED) is 0.351. The SMILES string of the molecule is CCOc1ccc([C@@H]2/C(=C(\O)c3ccc(OC)cc3C)C(=O)C(=O)N2CCOC)cc1OC. The summed E-state index contributed by atoms with van der Waals surface area (Å²) in [7, 11) is 4.59. The van der Waals surface area contributed by atoms with Crippen LogP contribution in [-0.4, -0.2) is 62.8 Å². The molecular weight excluding hydrogens is 426 g/mol. The number of likely N-dealkylation sites (tertiary alicyclic amines) is 1. The molecule has 1 aliphatic heterocycles. The van der Waals surface area contributed by atoms with Crippen LogP contribution in [0.2, 0.25) is 0 Å². The third kappa shape index (κ3) is 4.66. The van der Waals surface area contributed by atoms with E-state index in [0.29, 0.717) is 40.5 Å². The second-order valence-corrected chi connectivity index (χ2v) is 7.51. The van der Waals surface area contributed by atoms with Crippen molar-refractivity contribution in [3.8, 4) is 17.2 Å². The van der Waals surface area contributed by atoms with Crippen molar-refractivity contribution < 1.29 is 33.6 Å². The van der Waals surface area contributed by atoms with E-state index < -0.39 is 17.7 Å². The van der Waals surface area contributed by atoms with E-state index in [1.54, 1.807) is 50.4 Å². The number of aliphatic hydroxyl groups excluding tert-OH is 1. The number of rotatable bonds is 9. The number of hydrogen-bond acceptors (Lipinski definition) is 7. The van der Waals surface area contributed by atoms with E-state index in [-0.39, 0.29) is 24.5 Å². The molecule has 0 unspecified atom stereocenters. The van der Waals surface area contributed by atoms with Crippen LogP contribution in [0.5, 0.6) is 17.2 Å². The molecule has 1 amide bonds. The smallest absolute Gasteiger partial charge is 0.295 e. The number of methoxy groups -OCH3 is 3. The Morgan fingerprint density at radius 3 is 2.39 bits per heavy atom. The Kier molecular flexibility index (Phi) is 7.60. The van der Waals surface area contributed by atoms with E-state index in [1.807, 2.05) is 6.92 Å². The highest BCUT2D eigenvalue weighted by atomic mass is 16.5. The largest absolute Gasteiger partial charge is 0.507 e. The first-order valence-electron chi connectivity index (χ1n) is 10.6. The van der Waals surface area contributed by atoms with Crippen LogP contribution in [0.25, 0.3) is 5.76 Å². The van der Waals surface area contributed by atoms with Gasteiger partial charge in [-0.15, -0.1) is 0 Å². The van der Waals surface area contributed by atoms with Gasteiger partial charge in [0.15, 0.2) is 11.5 Å². The van der Waals surface area contributed by atoms with Crippen molar-refractivity contribution >= 4 is 17.4 Å². The van der Waals surface area contributed by atoms with Gasteiger partial charge in [-0.2, -0.15) is 0 Å². The fourth-order valence-corrected chi connectivity index (χ4v) is 3.95. The van der Waals surface area contributed by atoms with Crippen LogP contribution in [0.15, 0.2) is 42.0 Å². The topological polar surface area (TPSA) is 94.5 Å². The lowest BCUT2D eigenvalue weighted by molar-refractivity contribution is -0.140. The third-order valence-corrected chi connectivity index (χ3v) is 5.57. The number of carbonyl (C=O) groups excluding carboxylic acids is 2. The van der Waals surface area contributed by atoms with Crippen molar-refractivity contribution in [2.75, 3.05) is 41.1 Å². The molecule has 8 heteroatoms. The number of amides is 1. The van der Waals surface area contributed by atoms with Crippen LogP contribution in [-0.2, 0) is 14.3 Å². The van der Waals surface area contributed by atoms with Gasteiger partial charge in [0, 0.05) is 19.2 Å². The summed E-state index contributed by atoms with van der Waals surface area (Å²) in [6, 6.07) is 9.51. The van der Waals surface area contributed by atoms with E-state index in [9.17, 15) is 14.7 Å². The van der Waals surface area contributed by atoms with E-state index in [4.69, 9.17) is 18.9 Å². The zero-order valence-corrected chi connectivity index (χ0v) is 19.5. The Bertz CT molecular complexity index is 1080. The van der Waals surface area contributed by atoms with Crippen LogP contribution in [0.4, 0.5) is 0 Å². The maximum absolute atomic E-state index is 13.1. The summed E-state index contributed by atoms with van der Waals surface area (Å²) < 4.78 is 21.4. The molecule has 0 aromatic heterocycles. The van der Waals surface area contributed by atoms with Crippen molar-refractivity contribution in [2.24, 2.45) is 0 Å². The zero-order chi connectivity index (χ0) is 24.1. The predicted octanol–water partition coefficient (Wildman–Crippen LogP) is 3.48. The minimum atomic E-state index is -0.814. The van der Waals surface area contributed by atoms with Crippen molar-refractivity contribution in [2.45, 2.75) is 19.9 Å². The van der Waals surface area contributed by atoms with Crippen molar-refractivity contribution in [1.82, 2.24) is 4.90 Å². The van der Waals surface area contributed by atoms with Gasteiger partial charge in [-0.05, 0) is 55.3 Å². The molecule has 33 heavy (non-hydrogen) atoms. The Morgan fingerprint density at radius 1 is 1.03 bits per heavy atom. The summed E-state index contributed by atoms with van der Waals surface area (Å²) in [5.41, 5.74) is 1.77. The van der Waals surface area contributed by atoms with Gasteiger partial charge in [0.05, 0.1) is 39.0 Å². The summed E-state index contributed by atoms with van der Waals surface area (Å²) in [6.07, 6.45) is 0. The molecule has 2 aromatic carbocycles. The van der Waals surface area contributed by atoms with Crippen molar-refractivity contribution in [3.63, 3.8) is 0 Å². The highest BCUT2D eigenvalue weighted by Crippen LogP contribution is 2.42. The molecule has 0 spiro atoms. The maximum Gasteiger partial charge on any atom is 0.295 e. The summed E-state index contributed by atoms with van der Waals surface area (Å²) in [5.74, 6) is -0.0612. The van der Waals surface area contributed by atoms with Gasteiger partial charge in [0.25, 0.3) is 11.7 Å². The number of nitrogens with zero attached hydrogens (tertiary/aromatic N) is 1. The fourth-order valence-electron chi connectivity index (χ4n) is 3.95. The lowest BCUT2D eigenvalue weighted by atomic mass is 9.93. The molecule has 1 saturated heterocycles. The van der Waals surface area contributed by atoms with Gasteiger partial charge in [-0.1, -0.05) is 6.07 Å². The number of hydrogen-bond donors (Lipinski definition) is 1. The number of Topliss-reactive ketones (excluding diaryl/α,β-unsaturated/α-hetero) is 1. The molecule has 0 bridgehead atoms. The first-order chi connectivity index (χ1) is 15.9. The molecule has 3 rings (SSSR count). The fraction of sp³-hybridized carbons (Fsp3) is 0.360. The second kappa shape index (κ2) is 10.4. The highest BCUT2D eigenvalue weighted by Gasteiger charge is 2.46. The Morgan fingerprint density at radius 2 is 1.79 bits per heavy atom. The lowest BCUT2D eigenvalue weighted by Crippen LogP contribution is -2.32. The standard InChI is InChI=1S/C25H29NO7/c1-6-33-19-10-7-16(14-20(19)32-5)22-21(24(28)25(29)26(22)11-12-30-3)23(27)18-9-8-17(31-4)13-15(18)2/h7-10,13-14,22,27H,6,11-12H2,1-5H3/b23-21+/t22-/m1/s1. The van der Waals surface area contributed by atoms with E-state index in [0.717, 1.165) is 0 Å². The number of benzene rings is 2. The minimum absolute atomic E-state index is 0.00980. The van der Waals surface area contributed by atoms with Crippen LogP contribution in [0.3, 0.4) is 0 Å². The van der Waals surface area contributed by atoms with Gasteiger partial charge in [0.1, 0.15) is 11.5 Å². The number of aryl methyl sites for hydroxylation is 1. The third-order valence-electron chi connectivity index (χ3n) is 5.57. The molecule has 8 nitrogen and oxygen atoms in total. The Labute approximate surface area is 193 Å². The number of aliphatic hydroxyl groups is 1.